The molecule has 92 valence electrons. The molecule has 1 aromatic rings. The summed E-state index contributed by atoms with van der Waals surface area (Å²) in [5, 5.41) is 2.37. The minimum Gasteiger partial charge on any atom is -0.484 e. The first-order valence-corrected chi connectivity index (χ1v) is 5.74. The number of hydrogen-bond donors (Lipinski definition) is 1. The molecule has 0 bridgehead atoms. The molecule has 1 saturated heterocycles. The molecule has 0 aliphatic carbocycles. The van der Waals surface area contributed by atoms with E-state index in [4.69, 9.17) is 4.74 Å². The van der Waals surface area contributed by atoms with E-state index in [9.17, 15) is 13.2 Å². The monoisotopic (exact) mass is 251 g/mol. The van der Waals surface area contributed by atoms with Crippen molar-refractivity contribution in [3.05, 3.63) is 29.6 Å². The number of ether oxygens (including phenoxy) is 1. The van der Waals surface area contributed by atoms with Gasteiger partial charge in [-0.05, 0) is 22.8 Å². The van der Waals surface area contributed by atoms with Crippen molar-refractivity contribution in [3.63, 3.8) is 0 Å². The van der Waals surface area contributed by atoms with Gasteiger partial charge in [0, 0.05) is 0 Å². The van der Waals surface area contributed by atoms with E-state index < -0.39 is 40.0 Å². The molecular formula is C9H12B4F3NO. The van der Waals surface area contributed by atoms with E-state index in [1.807, 2.05) is 31.4 Å². The van der Waals surface area contributed by atoms with Gasteiger partial charge in [0.25, 0.3) is 0 Å². The summed E-state index contributed by atoms with van der Waals surface area (Å²) in [4.78, 5) is 0. The summed E-state index contributed by atoms with van der Waals surface area (Å²) >= 11 is 0. The van der Waals surface area contributed by atoms with Crippen molar-refractivity contribution >= 4 is 31.4 Å². The van der Waals surface area contributed by atoms with Gasteiger partial charge in [-0.3, -0.25) is 0 Å². The van der Waals surface area contributed by atoms with E-state index in [0.29, 0.717) is 0 Å². The van der Waals surface area contributed by atoms with Gasteiger partial charge in [-0.1, -0.05) is 0 Å². The quantitative estimate of drug-likeness (QED) is 0.455. The molecule has 1 N–H and O–H groups in total. The van der Waals surface area contributed by atoms with Crippen LogP contribution in [0.4, 0.5) is 13.2 Å². The molecule has 2 nitrogen and oxygen atoms in total. The average molecular weight is 250 g/mol. The Kier molecular flexibility index (Phi) is 3.00. The fourth-order valence-corrected chi connectivity index (χ4v) is 2.81. The highest BCUT2D eigenvalue weighted by molar-refractivity contribution is 6.49. The number of benzene rings is 1. The van der Waals surface area contributed by atoms with Crippen LogP contribution in [0, 0.1) is 17.5 Å². The highest BCUT2D eigenvalue weighted by atomic mass is 19.2. The summed E-state index contributed by atoms with van der Waals surface area (Å²) in [6.07, 6.45) is -0.448. The zero-order chi connectivity index (χ0) is 13.7. The number of halogens is 3. The van der Waals surface area contributed by atoms with E-state index in [-0.39, 0.29) is 0 Å². The Morgan fingerprint density at radius 1 is 1.00 bits per heavy atom. The molecule has 0 radical (unpaired) electrons. The third kappa shape index (κ3) is 2.05. The summed E-state index contributed by atoms with van der Waals surface area (Å²) in [6.45, 7) is 0. The Hall–Kier alpha value is -0.970. The fourth-order valence-electron chi connectivity index (χ4n) is 2.81. The van der Waals surface area contributed by atoms with Crippen molar-refractivity contribution in [2.45, 2.75) is 16.8 Å². The second-order valence-electron chi connectivity index (χ2n) is 5.74. The van der Waals surface area contributed by atoms with E-state index >= 15 is 0 Å². The summed E-state index contributed by atoms with van der Waals surface area (Å²) < 4.78 is 45.5. The van der Waals surface area contributed by atoms with Crippen LogP contribution < -0.4 is 10.1 Å². The van der Waals surface area contributed by atoms with Crippen molar-refractivity contribution in [2.75, 3.05) is 0 Å². The molecule has 0 saturated carbocycles. The van der Waals surface area contributed by atoms with Crippen LogP contribution in [0.3, 0.4) is 0 Å². The van der Waals surface area contributed by atoms with Gasteiger partial charge in [-0.15, -0.1) is 0 Å². The molecular weight excluding hydrogens is 238 g/mol. The van der Waals surface area contributed by atoms with Gasteiger partial charge in [0.2, 0.25) is 5.82 Å². The van der Waals surface area contributed by atoms with Crippen LogP contribution in [0.1, 0.15) is 0 Å². The number of hydrogen-bond acceptors (Lipinski definition) is 2. The lowest BCUT2D eigenvalue weighted by Gasteiger charge is -2.59. The van der Waals surface area contributed by atoms with Gasteiger partial charge < -0.3 is 10.1 Å². The second-order valence-corrected chi connectivity index (χ2v) is 5.74. The molecule has 2 rings (SSSR count). The summed E-state index contributed by atoms with van der Waals surface area (Å²) in [6, 6.07) is 1.60. The van der Waals surface area contributed by atoms with Crippen molar-refractivity contribution in [1.29, 1.82) is 0 Å². The highest BCUT2D eigenvalue weighted by Gasteiger charge is 2.53. The van der Waals surface area contributed by atoms with E-state index in [0.717, 1.165) is 12.1 Å². The topological polar surface area (TPSA) is 21.3 Å². The number of nitrogens with one attached hydrogen (secondary N) is 1. The predicted octanol–water partition coefficient (Wildman–Crippen LogP) is -2.71. The van der Waals surface area contributed by atoms with Crippen molar-refractivity contribution in [3.8, 4) is 5.75 Å². The van der Waals surface area contributed by atoms with Crippen LogP contribution in [-0.4, -0.2) is 48.2 Å². The zero-order valence-corrected chi connectivity index (χ0v) is 10.8. The first-order valence-electron chi connectivity index (χ1n) is 5.74. The Labute approximate surface area is 107 Å². The first-order chi connectivity index (χ1) is 8.15. The molecule has 1 aromatic carbocycles. The SMILES string of the molecule is BC1(B)NC(B)(B)C1Oc1c(F)ccc(F)c1F. The molecule has 1 aliphatic rings. The maximum atomic E-state index is 13.5. The lowest BCUT2D eigenvalue weighted by molar-refractivity contribution is 0.0532. The third-order valence-corrected chi connectivity index (χ3v) is 3.19. The minimum absolute atomic E-state index is 0.422. The molecule has 1 fully saturated rings. The summed E-state index contributed by atoms with van der Waals surface area (Å²) in [7, 11) is 7.44. The molecule has 1 heterocycles. The van der Waals surface area contributed by atoms with Gasteiger partial charge in [0.05, 0.1) is 0 Å². The van der Waals surface area contributed by atoms with Crippen molar-refractivity contribution < 1.29 is 17.9 Å². The van der Waals surface area contributed by atoms with Gasteiger partial charge in [-0.2, -0.15) is 4.39 Å². The van der Waals surface area contributed by atoms with Gasteiger partial charge >= 0.3 is 0 Å². The third-order valence-electron chi connectivity index (χ3n) is 3.19. The Balaban J connectivity index is 2.33. The van der Waals surface area contributed by atoms with E-state index in [1.165, 1.54) is 0 Å². The molecule has 0 amide bonds. The summed E-state index contributed by atoms with van der Waals surface area (Å²) in [5.74, 6) is -3.95. The van der Waals surface area contributed by atoms with E-state index in [1.54, 1.807) is 0 Å². The minimum atomic E-state index is -1.28. The van der Waals surface area contributed by atoms with Crippen LogP contribution in [0.25, 0.3) is 0 Å². The van der Waals surface area contributed by atoms with Gasteiger partial charge in [0.1, 0.15) is 37.5 Å². The highest BCUT2D eigenvalue weighted by Crippen LogP contribution is 2.33. The Morgan fingerprint density at radius 2 is 1.50 bits per heavy atom. The predicted molar refractivity (Wildman–Crippen MR) is 73.5 cm³/mol. The standard InChI is InChI=1S/C9H12B4F3NO/c10-8(11)7(9(12,13)17-8)18-6-4(15)2-1-3(14)5(6)16/h1-2,7,17H,10-13H2. The van der Waals surface area contributed by atoms with Crippen LogP contribution in [0.5, 0.6) is 5.75 Å². The zero-order valence-electron chi connectivity index (χ0n) is 10.8. The molecule has 0 aromatic heterocycles. The van der Waals surface area contributed by atoms with E-state index in [2.05, 4.69) is 5.32 Å². The normalized spacial score (nSPS) is 21.3. The molecule has 9 heteroatoms. The largest absolute Gasteiger partial charge is 0.484 e. The molecule has 0 unspecified atom stereocenters. The van der Waals surface area contributed by atoms with Gasteiger partial charge in [-0.25, -0.2) is 8.78 Å². The van der Waals surface area contributed by atoms with Crippen LogP contribution in [0.2, 0.25) is 0 Å². The maximum Gasteiger partial charge on any atom is 0.203 e. The Bertz CT molecular complexity index is 483. The van der Waals surface area contributed by atoms with Crippen LogP contribution in [-0.2, 0) is 0 Å². The lowest BCUT2D eigenvalue weighted by Crippen LogP contribution is -2.86. The average Bonchev–Trinajstić information content (AvgIpc) is 2.21. The smallest absolute Gasteiger partial charge is 0.203 e. The van der Waals surface area contributed by atoms with Crippen LogP contribution >= 0.6 is 0 Å². The lowest BCUT2D eigenvalue weighted by atomic mass is 9.38. The number of rotatable bonds is 2. The first kappa shape index (κ1) is 13.5. The van der Waals surface area contributed by atoms with Gasteiger partial charge in [0.15, 0.2) is 17.4 Å². The molecule has 18 heavy (non-hydrogen) atoms. The second kappa shape index (κ2) is 4.02. The van der Waals surface area contributed by atoms with Crippen LogP contribution in [0.15, 0.2) is 12.1 Å². The maximum absolute atomic E-state index is 13.5. The van der Waals surface area contributed by atoms with Crippen molar-refractivity contribution in [1.82, 2.24) is 5.32 Å². The molecule has 0 atom stereocenters. The molecule has 1 aliphatic heterocycles. The summed E-state index contributed by atoms with van der Waals surface area (Å²) in [5.41, 5.74) is 0. The van der Waals surface area contributed by atoms with Crippen molar-refractivity contribution in [2.24, 2.45) is 0 Å². The fraction of sp³-hybridized carbons (Fsp3) is 0.333. The molecule has 0 spiro atoms. The Morgan fingerprint density at radius 3 is 2.00 bits per heavy atom.